The fraction of sp³-hybridized carbons (Fsp3) is 0.217. The minimum Gasteiger partial charge on any atom is -0.345 e. The lowest BCUT2D eigenvalue weighted by Crippen LogP contribution is -2.22. The van der Waals surface area contributed by atoms with Crippen LogP contribution in [-0.2, 0) is 22.7 Å². The predicted molar refractivity (Wildman–Crippen MR) is 135 cm³/mol. The number of amides is 2. The molecule has 0 unspecified atom stereocenters. The zero-order valence-corrected chi connectivity index (χ0v) is 20.6. The molecule has 0 saturated heterocycles. The molecule has 3 rings (SSSR count). The second-order valence-corrected chi connectivity index (χ2v) is 8.66. The van der Waals surface area contributed by atoms with Crippen LogP contribution in [0.2, 0.25) is 5.02 Å². The molecule has 0 spiro atoms. The van der Waals surface area contributed by atoms with Gasteiger partial charge in [-0.3, -0.25) is 19.7 Å². The first-order valence-corrected chi connectivity index (χ1v) is 11.9. The van der Waals surface area contributed by atoms with Crippen molar-refractivity contribution >= 4 is 52.6 Å². The number of hydrogen-bond acceptors (Lipinski definition) is 7. The van der Waals surface area contributed by atoms with Gasteiger partial charge in [0.15, 0.2) is 11.0 Å². The summed E-state index contributed by atoms with van der Waals surface area (Å²) >= 11 is 7.26. The molecule has 3 aromatic rings. The maximum absolute atomic E-state index is 12.4. The number of anilines is 1. The van der Waals surface area contributed by atoms with Crippen LogP contribution in [-0.4, -0.2) is 37.3 Å². The van der Waals surface area contributed by atoms with E-state index in [-0.39, 0.29) is 29.8 Å². The molecule has 35 heavy (non-hydrogen) atoms. The van der Waals surface area contributed by atoms with Gasteiger partial charge in [-0.15, -0.1) is 10.2 Å². The lowest BCUT2D eigenvalue weighted by atomic mass is 10.2. The van der Waals surface area contributed by atoms with E-state index in [0.717, 1.165) is 5.56 Å². The van der Waals surface area contributed by atoms with Crippen molar-refractivity contribution in [3.05, 3.63) is 80.6 Å². The van der Waals surface area contributed by atoms with Crippen molar-refractivity contribution in [3.8, 4) is 0 Å². The number of benzene rings is 2. The summed E-state index contributed by atoms with van der Waals surface area (Å²) in [5.41, 5.74) is 1.53. The minimum atomic E-state index is -0.490. The molecule has 0 bridgehead atoms. The topological polar surface area (TPSA) is 132 Å². The summed E-state index contributed by atoms with van der Waals surface area (Å²) < 4.78 is 1.80. The van der Waals surface area contributed by atoms with Gasteiger partial charge in [0.2, 0.25) is 11.8 Å². The van der Waals surface area contributed by atoms with E-state index in [2.05, 4.69) is 20.8 Å². The zero-order valence-electron chi connectivity index (χ0n) is 19.0. The highest BCUT2D eigenvalue weighted by Gasteiger charge is 2.15. The third-order valence-electron chi connectivity index (χ3n) is 4.87. The lowest BCUT2D eigenvalue weighted by Gasteiger charge is -2.08. The fourth-order valence-electron chi connectivity index (χ4n) is 3.09. The Kier molecular flexibility index (Phi) is 8.98. The molecule has 0 atom stereocenters. The summed E-state index contributed by atoms with van der Waals surface area (Å²) in [6.07, 6.45) is 3.02. The molecule has 2 aromatic carbocycles. The van der Waals surface area contributed by atoms with Crippen LogP contribution in [0.15, 0.2) is 53.7 Å². The van der Waals surface area contributed by atoms with Crippen LogP contribution < -0.4 is 10.6 Å². The van der Waals surface area contributed by atoms with Crippen LogP contribution in [0.5, 0.6) is 0 Å². The van der Waals surface area contributed by atoms with Gasteiger partial charge in [0.05, 0.1) is 17.2 Å². The molecular weight excluding hydrogens is 492 g/mol. The van der Waals surface area contributed by atoms with Gasteiger partial charge in [-0.25, -0.2) is 0 Å². The average molecular weight is 515 g/mol. The van der Waals surface area contributed by atoms with E-state index in [9.17, 15) is 19.7 Å². The van der Waals surface area contributed by atoms with Gasteiger partial charge >= 0.3 is 0 Å². The molecule has 1 heterocycles. The standard InChI is InChI=1S/C23H23ClN6O4S/c1-3-29-20(13-25-21(31)11-9-16-6-4-5-7-18(16)24)27-28-23(29)35-14-22(32)26-17-10-8-15(2)19(12-17)30(33)34/h4-12H,3,13-14H2,1-2H3,(H,25,31)(H,26,32)/b11-9+. The maximum atomic E-state index is 12.4. The molecule has 0 radical (unpaired) electrons. The summed E-state index contributed by atoms with van der Waals surface area (Å²) in [6.45, 7) is 4.24. The first kappa shape index (κ1) is 25.9. The number of nitro benzene ring substituents is 1. The number of aryl methyl sites for hydroxylation is 1. The number of thioether (sulfide) groups is 1. The zero-order chi connectivity index (χ0) is 25.4. The number of nitrogens with zero attached hydrogens (tertiary/aromatic N) is 4. The number of aromatic nitrogens is 3. The molecule has 0 aliphatic rings. The Hall–Kier alpha value is -3.70. The molecule has 0 fully saturated rings. The molecule has 0 aliphatic carbocycles. The number of rotatable bonds is 10. The van der Waals surface area contributed by atoms with Gasteiger partial charge in [0.25, 0.3) is 5.69 Å². The monoisotopic (exact) mass is 514 g/mol. The van der Waals surface area contributed by atoms with Crippen LogP contribution >= 0.6 is 23.4 Å². The molecule has 182 valence electrons. The van der Waals surface area contributed by atoms with Gasteiger partial charge in [-0.1, -0.05) is 47.6 Å². The Bertz CT molecular complexity index is 1280. The Balaban J connectivity index is 1.55. The van der Waals surface area contributed by atoms with Crippen LogP contribution in [0.3, 0.4) is 0 Å². The Morgan fingerprint density at radius 3 is 2.71 bits per heavy atom. The van der Waals surface area contributed by atoms with E-state index < -0.39 is 4.92 Å². The van der Waals surface area contributed by atoms with Crippen molar-refractivity contribution in [1.82, 2.24) is 20.1 Å². The highest BCUT2D eigenvalue weighted by atomic mass is 35.5. The summed E-state index contributed by atoms with van der Waals surface area (Å²) in [4.78, 5) is 35.1. The first-order chi connectivity index (χ1) is 16.8. The number of hydrogen-bond donors (Lipinski definition) is 2. The van der Waals surface area contributed by atoms with Crippen molar-refractivity contribution < 1.29 is 14.5 Å². The molecule has 0 aliphatic heterocycles. The number of carbonyl (C=O) groups excluding carboxylic acids is 2. The molecule has 10 nitrogen and oxygen atoms in total. The summed E-state index contributed by atoms with van der Waals surface area (Å²) in [5.74, 6) is -0.0639. The van der Waals surface area contributed by atoms with E-state index in [1.807, 2.05) is 19.1 Å². The number of nitrogens with one attached hydrogen (secondary N) is 2. The SMILES string of the molecule is CCn1c(CNC(=O)/C=C/c2ccccc2Cl)nnc1SCC(=O)Nc1ccc(C)c([N+](=O)[O-])c1. The van der Waals surface area contributed by atoms with Gasteiger partial charge in [0, 0.05) is 35.0 Å². The van der Waals surface area contributed by atoms with Crippen molar-refractivity contribution in [2.75, 3.05) is 11.1 Å². The highest BCUT2D eigenvalue weighted by molar-refractivity contribution is 7.99. The van der Waals surface area contributed by atoms with Crippen LogP contribution in [0.1, 0.15) is 23.9 Å². The van der Waals surface area contributed by atoms with E-state index in [0.29, 0.717) is 33.8 Å². The van der Waals surface area contributed by atoms with Crippen molar-refractivity contribution in [2.45, 2.75) is 32.1 Å². The summed E-state index contributed by atoms with van der Waals surface area (Å²) in [6, 6.07) is 11.7. The highest BCUT2D eigenvalue weighted by Crippen LogP contribution is 2.23. The Labute approximate surface area is 210 Å². The van der Waals surface area contributed by atoms with Gasteiger partial charge in [-0.2, -0.15) is 0 Å². The molecular formula is C23H23ClN6O4S. The quantitative estimate of drug-likeness (QED) is 0.179. The molecule has 12 heteroatoms. The molecule has 1 aromatic heterocycles. The third kappa shape index (κ3) is 7.14. The van der Waals surface area contributed by atoms with Crippen LogP contribution in [0.4, 0.5) is 11.4 Å². The molecule has 2 N–H and O–H groups in total. The van der Waals surface area contributed by atoms with Crippen molar-refractivity contribution in [2.24, 2.45) is 0 Å². The third-order valence-corrected chi connectivity index (χ3v) is 6.18. The van der Waals surface area contributed by atoms with Gasteiger partial charge in [-0.05, 0) is 37.6 Å². The first-order valence-electron chi connectivity index (χ1n) is 10.6. The van der Waals surface area contributed by atoms with Crippen LogP contribution in [0, 0.1) is 17.0 Å². The van der Waals surface area contributed by atoms with Crippen LogP contribution in [0.25, 0.3) is 6.08 Å². The van der Waals surface area contributed by atoms with Gasteiger partial charge < -0.3 is 15.2 Å². The summed E-state index contributed by atoms with van der Waals surface area (Å²) in [7, 11) is 0. The Morgan fingerprint density at radius 1 is 1.23 bits per heavy atom. The van der Waals surface area contributed by atoms with Crippen molar-refractivity contribution in [3.63, 3.8) is 0 Å². The van der Waals surface area contributed by atoms with E-state index in [1.54, 1.807) is 41.8 Å². The number of carbonyl (C=O) groups is 2. The largest absolute Gasteiger partial charge is 0.345 e. The average Bonchev–Trinajstić information content (AvgIpc) is 3.23. The second kappa shape index (κ2) is 12.1. The normalized spacial score (nSPS) is 10.9. The van der Waals surface area contributed by atoms with E-state index in [4.69, 9.17) is 11.6 Å². The lowest BCUT2D eigenvalue weighted by molar-refractivity contribution is -0.385. The van der Waals surface area contributed by atoms with E-state index in [1.165, 1.54) is 23.9 Å². The predicted octanol–water partition coefficient (Wildman–Crippen LogP) is 4.23. The molecule has 0 saturated carbocycles. The van der Waals surface area contributed by atoms with Crippen molar-refractivity contribution in [1.29, 1.82) is 0 Å². The number of nitro groups is 1. The fourth-order valence-corrected chi connectivity index (χ4v) is 4.11. The minimum absolute atomic E-state index is 0.0345. The second-order valence-electron chi connectivity index (χ2n) is 7.31. The van der Waals surface area contributed by atoms with Gasteiger partial charge in [0.1, 0.15) is 0 Å². The maximum Gasteiger partial charge on any atom is 0.274 e. The summed E-state index contributed by atoms with van der Waals surface area (Å²) in [5, 5.41) is 25.8. The number of halogens is 1. The Morgan fingerprint density at radius 2 is 2.00 bits per heavy atom. The smallest absolute Gasteiger partial charge is 0.274 e. The molecule has 2 amide bonds. The van der Waals surface area contributed by atoms with E-state index >= 15 is 0 Å².